The second-order valence-corrected chi connectivity index (χ2v) is 7.11. The molecule has 1 aliphatic heterocycles. The van der Waals surface area contributed by atoms with E-state index in [0.717, 1.165) is 10.5 Å². The van der Waals surface area contributed by atoms with Crippen LogP contribution in [0.25, 0.3) is 5.57 Å². The maximum absolute atomic E-state index is 13.6. The number of halogens is 2. The molecule has 29 heavy (non-hydrogen) atoms. The fourth-order valence-electron chi connectivity index (χ4n) is 3.24. The molecule has 0 fully saturated rings. The van der Waals surface area contributed by atoms with Crippen LogP contribution in [-0.4, -0.2) is 11.8 Å². The van der Waals surface area contributed by atoms with E-state index in [9.17, 15) is 14.0 Å². The van der Waals surface area contributed by atoms with Crippen molar-refractivity contribution in [1.82, 2.24) is 0 Å². The largest absolute Gasteiger partial charge is 0.350 e. The monoisotopic (exact) mass is 406 g/mol. The molecule has 1 aliphatic rings. The van der Waals surface area contributed by atoms with Crippen LogP contribution in [0.3, 0.4) is 0 Å². The van der Waals surface area contributed by atoms with Gasteiger partial charge < -0.3 is 5.32 Å². The third-order valence-corrected chi connectivity index (χ3v) is 4.82. The highest BCUT2D eigenvalue weighted by Crippen LogP contribution is 2.34. The quantitative estimate of drug-likeness (QED) is 0.607. The van der Waals surface area contributed by atoms with Crippen molar-refractivity contribution in [1.29, 1.82) is 0 Å². The number of hydrogen-bond donors (Lipinski definition) is 1. The molecule has 0 bridgehead atoms. The summed E-state index contributed by atoms with van der Waals surface area (Å²) in [5.41, 5.74) is 2.60. The highest BCUT2D eigenvalue weighted by molar-refractivity contribution is 6.46. The first-order valence-corrected chi connectivity index (χ1v) is 9.30. The minimum absolute atomic E-state index is 0.0874. The van der Waals surface area contributed by atoms with Gasteiger partial charge in [0, 0.05) is 10.7 Å². The van der Waals surface area contributed by atoms with Crippen molar-refractivity contribution >= 4 is 40.4 Å². The van der Waals surface area contributed by atoms with Gasteiger partial charge >= 0.3 is 0 Å². The Morgan fingerprint density at radius 1 is 0.897 bits per heavy atom. The molecule has 3 aromatic rings. The highest BCUT2D eigenvalue weighted by Gasteiger charge is 2.40. The van der Waals surface area contributed by atoms with Gasteiger partial charge in [0.2, 0.25) is 0 Å². The van der Waals surface area contributed by atoms with Crippen LogP contribution < -0.4 is 10.2 Å². The Morgan fingerprint density at radius 2 is 1.62 bits per heavy atom. The first-order valence-electron chi connectivity index (χ1n) is 8.92. The standard InChI is InChI=1S/C23H16ClFN2O2/c1-14-4-2-7-19(12-14)27-22(28)20(15-8-10-16(24)11-9-15)21(23(27)29)26-18-6-3-5-17(25)13-18/h2-13,26H,1H3. The third-order valence-electron chi connectivity index (χ3n) is 4.57. The zero-order chi connectivity index (χ0) is 20.5. The van der Waals surface area contributed by atoms with Crippen LogP contribution in [0.5, 0.6) is 0 Å². The molecule has 1 heterocycles. The molecule has 6 heteroatoms. The molecule has 0 saturated heterocycles. The van der Waals surface area contributed by atoms with E-state index >= 15 is 0 Å². The van der Waals surface area contributed by atoms with Gasteiger partial charge in [0.05, 0.1) is 11.3 Å². The number of amides is 2. The summed E-state index contributed by atoms with van der Waals surface area (Å²) < 4.78 is 13.6. The van der Waals surface area contributed by atoms with Crippen molar-refractivity contribution < 1.29 is 14.0 Å². The Morgan fingerprint density at radius 3 is 2.31 bits per heavy atom. The molecule has 0 aromatic heterocycles. The van der Waals surface area contributed by atoms with Crippen molar-refractivity contribution in [3.63, 3.8) is 0 Å². The number of carbonyl (C=O) groups excluding carboxylic acids is 2. The van der Waals surface area contributed by atoms with Crippen LogP contribution in [0, 0.1) is 12.7 Å². The van der Waals surface area contributed by atoms with Gasteiger partial charge in [0.25, 0.3) is 11.8 Å². The van der Waals surface area contributed by atoms with Gasteiger partial charge in [-0.25, -0.2) is 9.29 Å². The Bertz CT molecular complexity index is 1160. The molecule has 4 nitrogen and oxygen atoms in total. The molecule has 0 unspecified atom stereocenters. The minimum atomic E-state index is -0.505. The first-order chi connectivity index (χ1) is 13.9. The molecule has 0 spiro atoms. The van der Waals surface area contributed by atoms with E-state index in [1.54, 1.807) is 48.5 Å². The van der Waals surface area contributed by atoms with E-state index < -0.39 is 17.6 Å². The van der Waals surface area contributed by atoms with Crippen LogP contribution in [0.1, 0.15) is 11.1 Å². The van der Waals surface area contributed by atoms with E-state index in [0.29, 0.717) is 22.0 Å². The van der Waals surface area contributed by atoms with Gasteiger partial charge in [-0.1, -0.05) is 41.9 Å². The maximum atomic E-state index is 13.6. The van der Waals surface area contributed by atoms with E-state index in [1.165, 1.54) is 18.2 Å². The van der Waals surface area contributed by atoms with Crippen molar-refractivity contribution in [2.45, 2.75) is 6.92 Å². The molecule has 144 valence electrons. The van der Waals surface area contributed by atoms with Crippen LogP contribution in [0.4, 0.5) is 15.8 Å². The Kier molecular flexibility index (Phi) is 4.91. The summed E-state index contributed by atoms with van der Waals surface area (Å²) >= 11 is 5.97. The van der Waals surface area contributed by atoms with E-state index in [2.05, 4.69) is 5.32 Å². The molecule has 4 rings (SSSR count). The predicted octanol–water partition coefficient (Wildman–Crippen LogP) is 5.18. The number of imide groups is 1. The molecule has 0 saturated carbocycles. The fourth-order valence-corrected chi connectivity index (χ4v) is 3.37. The van der Waals surface area contributed by atoms with Gasteiger partial charge in [0.15, 0.2) is 0 Å². The van der Waals surface area contributed by atoms with Crippen LogP contribution in [0.15, 0.2) is 78.5 Å². The summed E-state index contributed by atoms with van der Waals surface area (Å²) in [6, 6.07) is 19.5. The lowest BCUT2D eigenvalue weighted by molar-refractivity contribution is -0.120. The fraction of sp³-hybridized carbons (Fsp3) is 0.0435. The van der Waals surface area contributed by atoms with Crippen LogP contribution in [-0.2, 0) is 9.59 Å². The molecule has 3 aromatic carbocycles. The lowest BCUT2D eigenvalue weighted by Crippen LogP contribution is -2.32. The topological polar surface area (TPSA) is 49.4 Å². The average Bonchev–Trinajstić information content (AvgIpc) is 2.92. The number of nitrogens with one attached hydrogen (secondary N) is 1. The normalized spacial score (nSPS) is 14.0. The molecule has 1 N–H and O–H groups in total. The number of benzene rings is 3. The number of rotatable bonds is 4. The van der Waals surface area contributed by atoms with Crippen molar-refractivity contribution in [3.05, 3.63) is 100 Å². The van der Waals surface area contributed by atoms with Crippen molar-refractivity contribution in [3.8, 4) is 0 Å². The zero-order valence-electron chi connectivity index (χ0n) is 15.4. The summed E-state index contributed by atoms with van der Waals surface area (Å²) in [4.78, 5) is 27.6. The number of anilines is 2. The van der Waals surface area contributed by atoms with Crippen LogP contribution >= 0.6 is 11.6 Å². The summed E-state index contributed by atoms with van der Waals surface area (Å²) in [6.07, 6.45) is 0. The lowest BCUT2D eigenvalue weighted by Gasteiger charge is -2.16. The molecule has 0 aliphatic carbocycles. The molecule has 0 radical (unpaired) electrons. The van der Waals surface area contributed by atoms with Crippen molar-refractivity contribution in [2.24, 2.45) is 0 Å². The number of nitrogens with zero attached hydrogens (tertiary/aromatic N) is 1. The SMILES string of the molecule is Cc1cccc(N2C(=O)C(Nc3cccc(F)c3)=C(c3ccc(Cl)cc3)C2=O)c1. The second-order valence-electron chi connectivity index (χ2n) is 6.68. The smallest absolute Gasteiger partial charge is 0.282 e. The highest BCUT2D eigenvalue weighted by atomic mass is 35.5. The van der Waals surface area contributed by atoms with E-state index in [1.807, 2.05) is 13.0 Å². The summed E-state index contributed by atoms with van der Waals surface area (Å²) in [5.74, 6) is -1.41. The minimum Gasteiger partial charge on any atom is -0.350 e. The first kappa shape index (κ1) is 18.9. The molecular weight excluding hydrogens is 391 g/mol. The van der Waals surface area contributed by atoms with E-state index in [4.69, 9.17) is 11.6 Å². The van der Waals surface area contributed by atoms with Crippen LogP contribution in [0.2, 0.25) is 5.02 Å². The van der Waals surface area contributed by atoms with Gasteiger partial charge in [0.1, 0.15) is 11.5 Å². The number of aryl methyl sites for hydroxylation is 1. The summed E-state index contributed by atoms with van der Waals surface area (Å²) in [5, 5.41) is 3.45. The third kappa shape index (κ3) is 3.65. The van der Waals surface area contributed by atoms with E-state index in [-0.39, 0.29) is 11.3 Å². The van der Waals surface area contributed by atoms with Crippen molar-refractivity contribution in [2.75, 3.05) is 10.2 Å². The Hall–Kier alpha value is -3.44. The van der Waals surface area contributed by atoms with Gasteiger partial charge in [-0.15, -0.1) is 0 Å². The molecule has 2 amide bonds. The Balaban J connectivity index is 1.83. The van der Waals surface area contributed by atoms with Gasteiger partial charge in [-0.3, -0.25) is 9.59 Å². The Labute approximate surface area is 172 Å². The second kappa shape index (κ2) is 7.53. The predicted molar refractivity (Wildman–Crippen MR) is 112 cm³/mol. The maximum Gasteiger partial charge on any atom is 0.282 e. The van der Waals surface area contributed by atoms with Gasteiger partial charge in [-0.2, -0.15) is 0 Å². The average molecular weight is 407 g/mol. The summed E-state index contributed by atoms with van der Waals surface area (Å²) in [6.45, 7) is 1.88. The summed E-state index contributed by atoms with van der Waals surface area (Å²) in [7, 11) is 0. The van der Waals surface area contributed by atoms with Gasteiger partial charge in [-0.05, 0) is 60.5 Å². The number of carbonyl (C=O) groups is 2. The lowest BCUT2D eigenvalue weighted by atomic mass is 10.0. The zero-order valence-corrected chi connectivity index (χ0v) is 16.2. The molecule has 0 atom stereocenters. The molecular formula is C23H16ClFN2O2. The number of hydrogen-bond acceptors (Lipinski definition) is 3.